The third kappa shape index (κ3) is 6.91. The number of amides is 2. The summed E-state index contributed by atoms with van der Waals surface area (Å²) < 4.78 is 5.69. The molecule has 0 saturated carbocycles. The third-order valence-corrected chi connectivity index (χ3v) is 4.12. The standard InChI is InChI=1S/C23H28N2O3/c1-16(2)13-14-28-21-11-9-20(10-12-21)25-23(27)22(24-18(4)26)15-19-8-6-5-7-17(19)3/h5-12,15-16H,13-14H2,1-4H3,(H,24,26)(H,25,27)/b22-15+. The number of carbonyl (C=O) groups is 2. The van der Waals surface area contributed by atoms with Gasteiger partial charge in [0, 0.05) is 12.6 Å². The molecule has 0 fully saturated rings. The Morgan fingerprint density at radius 3 is 2.36 bits per heavy atom. The second-order valence-corrected chi connectivity index (χ2v) is 7.11. The number of ether oxygens (including phenoxy) is 1. The summed E-state index contributed by atoms with van der Waals surface area (Å²) >= 11 is 0. The summed E-state index contributed by atoms with van der Waals surface area (Å²) in [4.78, 5) is 24.2. The number of hydrogen-bond acceptors (Lipinski definition) is 3. The lowest BCUT2D eigenvalue weighted by Gasteiger charge is -2.12. The summed E-state index contributed by atoms with van der Waals surface area (Å²) in [5.74, 6) is 0.665. The molecular weight excluding hydrogens is 352 g/mol. The highest BCUT2D eigenvalue weighted by molar-refractivity contribution is 6.08. The van der Waals surface area contributed by atoms with E-state index in [1.807, 2.05) is 43.3 Å². The number of carbonyl (C=O) groups excluding carboxylic acids is 2. The summed E-state index contributed by atoms with van der Waals surface area (Å²) in [6, 6.07) is 14.9. The van der Waals surface area contributed by atoms with Crippen molar-refractivity contribution < 1.29 is 14.3 Å². The summed E-state index contributed by atoms with van der Waals surface area (Å²) in [6.45, 7) is 8.29. The van der Waals surface area contributed by atoms with Crippen LogP contribution in [0.5, 0.6) is 5.75 Å². The first-order valence-electron chi connectivity index (χ1n) is 9.44. The van der Waals surface area contributed by atoms with Crippen LogP contribution in [0.3, 0.4) is 0 Å². The summed E-state index contributed by atoms with van der Waals surface area (Å²) in [7, 11) is 0. The van der Waals surface area contributed by atoms with E-state index in [4.69, 9.17) is 4.74 Å². The molecule has 5 heteroatoms. The van der Waals surface area contributed by atoms with Crippen LogP contribution in [-0.4, -0.2) is 18.4 Å². The van der Waals surface area contributed by atoms with Crippen molar-refractivity contribution >= 4 is 23.6 Å². The zero-order valence-corrected chi connectivity index (χ0v) is 16.9. The van der Waals surface area contributed by atoms with Gasteiger partial charge in [-0.25, -0.2) is 0 Å². The highest BCUT2D eigenvalue weighted by atomic mass is 16.5. The van der Waals surface area contributed by atoms with Gasteiger partial charge in [0.25, 0.3) is 5.91 Å². The molecule has 0 saturated heterocycles. The molecule has 2 rings (SSSR count). The van der Waals surface area contributed by atoms with Gasteiger partial charge in [-0.2, -0.15) is 0 Å². The van der Waals surface area contributed by atoms with Crippen LogP contribution < -0.4 is 15.4 Å². The molecule has 0 unspecified atom stereocenters. The predicted octanol–water partition coefficient (Wildman–Crippen LogP) is 4.54. The number of benzene rings is 2. The SMILES string of the molecule is CC(=O)N/C(=C/c1ccccc1C)C(=O)Nc1ccc(OCCC(C)C)cc1. The minimum Gasteiger partial charge on any atom is -0.494 e. The summed E-state index contributed by atoms with van der Waals surface area (Å²) in [5, 5.41) is 5.42. The van der Waals surface area contributed by atoms with Crippen LogP contribution in [0.25, 0.3) is 6.08 Å². The number of nitrogens with one attached hydrogen (secondary N) is 2. The number of hydrogen-bond donors (Lipinski definition) is 2. The van der Waals surface area contributed by atoms with E-state index in [9.17, 15) is 9.59 Å². The van der Waals surface area contributed by atoms with Gasteiger partial charge in [-0.15, -0.1) is 0 Å². The van der Waals surface area contributed by atoms with Gasteiger partial charge in [-0.1, -0.05) is 38.1 Å². The first kappa shape index (κ1) is 21.2. The van der Waals surface area contributed by atoms with Crippen LogP contribution in [0.4, 0.5) is 5.69 Å². The maximum atomic E-state index is 12.7. The van der Waals surface area contributed by atoms with Crippen LogP contribution >= 0.6 is 0 Å². The quantitative estimate of drug-likeness (QED) is 0.661. The van der Waals surface area contributed by atoms with Gasteiger partial charge in [0.1, 0.15) is 11.4 Å². The largest absolute Gasteiger partial charge is 0.494 e. The Morgan fingerprint density at radius 1 is 1.07 bits per heavy atom. The maximum Gasteiger partial charge on any atom is 0.272 e. The minimum absolute atomic E-state index is 0.194. The molecule has 0 aromatic heterocycles. The Hall–Kier alpha value is -3.08. The van der Waals surface area contributed by atoms with E-state index in [1.165, 1.54) is 6.92 Å². The van der Waals surface area contributed by atoms with Crippen molar-refractivity contribution in [2.75, 3.05) is 11.9 Å². The molecule has 0 atom stereocenters. The van der Waals surface area contributed by atoms with Crippen molar-refractivity contribution in [2.24, 2.45) is 5.92 Å². The maximum absolute atomic E-state index is 12.7. The van der Waals surface area contributed by atoms with Crippen molar-refractivity contribution in [1.82, 2.24) is 5.32 Å². The van der Waals surface area contributed by atoms with Gasteiger partial charge >= 0.3 is 0 Å². The molecule has 2 amide bonds. The zero-order valence-electron chi connectivity index (χ0n) is 16.9. The molecule has 148 valence electrons. The molecule has 0 aliphatic heterocycles. The van der Waals surface area contributed by atoms with Crippen LogP contribution in [0.15, 0.2) is 54.2 Å². The molecule has 0 radical (unpaired) electrons. The third-order valence-electron chi connectivity index (χ3n) is 4.12. The molecule has 0 bridgehead atoms. The van der Waals surface area contributed by atoms with Gasteiger partial charge in [0.15, 0.2) is 0 Å². The Kier molecular flexibility index (Phi) is 7.81. The Labute approximate surface area is 166 Å². The fourth-order valence-corrected chi connectivity index (χ4v) is 2.50. The van der Waals surface area contributed by atoms with E-state index in [2.05, 4.69) is 24.5 Å². The highest BCUT2D eigenvalue weighted by Gasteiger charge is 2.12. The lowest BCUT2D eigenvalue weighted by Crippen LogP contribution is -2.29. The molecule has 0 heterocycles. The van der Waals surface area contributed by atoms with E-state index in [0.717, 1.165) is 23.3 Å². The van der Waals surface area contributed by atoms with E-state index in [0.29, 0.717) is 18.2 Å². The number of anilines is 1. The second kappa shape index (κ2) is 10.3. The van der Waals surface area contributed by atoms with E-state index >= 15 is 0 Å². The molecule has 2 aromatic carbocycles. The second-order valence-electron chi connectivity index (χ2n) is 7.11. The van der Waals surface area contributed by atoms with Crippen molar-refractivity contribution in [1.29, 1.82) is 0 Å². The molecule has 2 aromatic rings. The van der Waals surface area contributed by atoms with E-state index in [1.54, 1.807) is 18.2 Å². The highest BCUT2D eigenvalue weighted by Crippen LogP contribution is 2.18. The first-order valence-corrected chi connectivity index (χ1v) is 9.44. The topological polar surface area (TPSA) is 67.4 Å². The average molecular weight is 380 g/mol. The summed E-state index contributed by atoms with van der Waals surface area (Å²) in [5.41, 5.74) is 2.71. The van der Waals surface area contributed by atoms with Crippen molar-refractivity contribution in [2.45, 2.75) is 34.1 Å². The van der Waals surface area contributed by atoms with Gasteiger partial charge in [0.2, 0.25) is 5.91 Å². The fourth-order valence-electron chi connectivity index (χ4n) is 2.50. The van der Waals surface area contributed by atoms with E-state index < -0.39 is 0 Å². The molecule has 28 heavy (non-hydrogen) atoms. The summed E-state index contributed by atoms with van der Waals surface area (Å²) in [6.07, 6.45) is 2.66. The van der Waals surface area contributed by atoms with Crippen molar-refractivity contribution in [3.63, 3.8) is 0 Å². The van der Waals surface area contributed by atoms with Gasteiger partial charge < -0.3 is 15.4 Å². The van der Waals surface area contributed by atoms with Crippen LogP contribution in [0.2, 0.25) is 0 Å². The van der Waals surface area contributed by atoms with Crippen LogP contribution in [-0.2, 0) is 9.59 Å². The molecule has 5 nitrogen and oxygen atoms in total. The molecule has 2 N–H and O–H groups in total. The predicted molar refractivity (Wildman–Crippen MR) is 113 cm³/mol. The molecular formula is C23H28N2O3. The smallest absolute Gasteiger partial charge is 0.272 e. The monoisotopic (exact) mass is 380 g/mol. The first-order chi connectivity index (χ1) is 13.3. The minimum atomic E-state index is -0.382. The van der Waals surface area contributed by atoms with Crippen LogP contribution in [0.1, 0.15) is 38.3 Å². The Balaban J connectivity index is 2.09. The number of aryl methyl sites for hydroxylation is 1. The lowest BCUT2D eigenvalue weighted by atomic mass is 10.1. The lowest BCUT2D eigenvalue weighted by molar-refractivity contribution is -0.120. The van der Waals surface area contributed by atoms with E-state index in [-0.39, 0.29) is 17.5 Å². The average Bonchev–Trinajstić information content (AvgIpc) is 2.63. The van der Waals surface area contributed by atoms with Crippen LogP contribution in [0, 0.1) is 12.8 Å². The molecule has 0 aliphatic carbocycles. The van der Waals surface area contributed by atoms with Crippen molar-refractivity contribution in [3.05, 3.63) is 65.4 Å². The van der Waals surface area contributed by atoms with Gasteiger partial charge in [-0.05, 0) is 60.7 Å². The van der Waals surface area contributed by atoms with Gasteiger partial charge in [-0.3, -0.25) is 9.59 Å². The van der Waals surface area contributed by atoms with Gasteiger partial charge in [0.05, 0.1) is 6.61 Å². The molecule has 0 spiro atoms. The van der Waals surface area contributed by atoms with Crippen molar-refractivity contribution in [3.8, 4) is 5.75 Å². The number of rotatable bonds is 8. The normalized spacial score (nSPS) is 11.2. The zero-order chi connectivity index (χ0) is 20.5. The fraction of sp³-hybridized carbons (Fsp3) is 0.304. The Morgan fingerprint density at radius 2 is 1.75 bits per heavy atom. The Bertz CT molecular complexity index is 839. The molecule has 0 aliphatic rings.